The molecule has 0 bridgehead atoms. The van der Waals surface area contributed by atoms with Crippen LogP contribution in [-0.2, 0) is 9.53 Å². The highest BCUT2D eigenvalue weighted by Gasteiger charge is 2.32. The molecule has 2 saturated heterocycles. The minimum atomic E-state index is 0.0668. The first kappa shape index (κ1) is 10.9. The maximum Gasteiger partial charge on any atom is 0.240 e. The zero-order chi connectivity index (χ0) is 10.7. The van der Waals surface area contributed by atoms with Gasteiger partial charge in [-0.1, -0.05) is 6.92 Å². The Balaban J connectivity index is 1.96. The van der Waals surface area contributed by atoms with Crippen LogP contribution in [0.3, 0.4) is 0 Å². The molecule has 0 saturated carbocycles. The SMILES string of the molecule is CCC1COCCN1C(=O)[C@@H]1CCCN1. The molecular formula is C11H20N2O2. The van der Waals surface area contributed by atoms with E-state index in [9.17, 15) is 4.79 Å². The van der Waals surface area contributed by atoms with E-state index in [1.807, 2.05) is 4.90 Å². The Morgan fingerprint density at radius 2 is 2.47 bits per heavy atom. The molecule has 86 valence electrons. The van der Waals surface area contributed by atoms with Crippen molar-refractivity contribution >= 4 is 5.91 Å². The lowest BCUT2D eigenvalue weighted by Crippen LogP contribution is -2.53. The molecule has 0 spiro atoms. The molecule has 1 amide bonds. The first-order chi connectivity index (χ1) is 7.33. The highest BCUT2D eigenvalue weighted by molar-refractivity contribution is 5.82. The predicted molar refractivity (Wildman–Crippen MR) is 57.6 cm³/mol. The van der Waals surface area contributed by atoms with Crippen molar-refractivity contribution < 1.29 is 9.53 Å². The van der Waals surface area contributed by atoms with Crippen LogP contribution >= 0.6 is 0 Å². The van der Waals surface area contributed by atoms with Gasteiger partial charge in [0.25, 0.3) is 0 Å². The van der Waals surface area contributed by atoms with E-state index in [-0.39, 0.29) is 18.0 Å². The lowest BCUT2D eigenvalue weighted by Gasteiger charge is -2.36. The smallest absolute Gasteiger partial charge is 0.240 e. The summed E-state index contributed by atoms with van der Waals surface area (Å²) in [5, 5.41) is 3.27. The second-order valence-corrected chi connectivity index (χ2v) is 4.32. The number of amides is 1. The third-order valence-corrected chi connectivity index (χ3v) is 3.34. The number of hydrogen-bond donors (Lipinski definition) is 1. The van der Waals surface area contributed by atoms with Crippen LogP contribution in [0.2, 0.25) is 0 Å². The molecule has 2 atom stereocenters. The molecule has 0 aromatic heterocycles. The van der Waals surface area contributed by atoms with Crippen LogP contribution in [0.1, 0.15) is 26.2 Å². The maximum atomic E-state index is 12.2. The predicted octanol–water partition coefficient (Wildman–Crippen LogP) is 0.376. The minimum Gasteiger partial charge on any atom is -0.377 e. The Morgan fingerprint density at radius 1 is 1.60 bits per heavy atom. The summed E-state index contributed by atoms with van der Waals surface area (Å²) in [4.78, 5) is 14.2. The average molecular weight is 212 g/mol. The molecule has 2 aliphatic heterocycles. The van der Waals surface area contributed by atoms with Gasteiger partial charge in [-0.15, -0.1) is 0 Å². The second kappa shape index (κ2) is 4.94. The first-order valence-corrected chi connectivity index (χ1v) is 5.94. The molecule has 0 aliphatic carbocycles. The molecule has 2 heterocycles. The van der Waals surface area contributed by atoms with Crippen molar-refractivity contribution in [3.63, 3.8) is 0 Å². The molecule has 1 N–H and O–H groups in total. The van der Waals surface area contributed by atoms with Crippen LogP contribution in [-0.4, -0.2) is 49.2 Å². The van der Waals surface area contributed by atoms with Gasteiger partial charge >= 0.3 is 0 Å². The number of rotatable bonds is 2. The summed E-state index contributed by atoms with van der Waals surface area (Å²) in [6, 6.07) is 0.353. The molecule has 4 nitrogen and oxygen atoms in total. The van der Waals surface area contributed by atoms with Gasteiger partial charge in [0, 0.05) is 6.54 Å². The number of hydrogen-bond acceptors (Lipinski definition) is 3. The molecule has 4 heteroatoms. The van der Waals surface area contributed by atoms with Crippen LogP contribution in [0, 0.1) is 0 Å². The van der Waals surface area contributed by atoms with Gasteiger partial charge in [-0.05, 0) is 25.8 Å². The fourth-order valence-electron chi connectivity index (χ4n) is 2.38. The number of nitrogens with zero attached hydrogens (tertiary/aromatic N) is 1. The van der Waals surface area contributed by atoms with Gasteiger partial charge in [0.2, 0.25) is 5.91 Å². The summed E-state index contributed by atoms with van der Waals surface area (Å²) in [5.74, 6) is 0.280. The van der Waals surface area contributed by atoms with Gasteiger partial charge in [0.1, 0.15) is 0 Å². The van der Waals surface area contributed by atoms with Crippen LogP contribution in [0.15, 0.2) is 0 Å². The maximum absolute atomic E-state index is 12.2. The second-order valence-electron chi connectivity index (χ2n) is 4.32. The normalized spacial score (nSPS) is 31.9. The highest BCUT2D eigenvalue weighted by Crippen LogP contribution is 2.15. The summed E-state index contributed by atoms with van der Waals surface area (Å²) < 4.78 is 5.40. The van der Waals surface area contributed by atoms with Gasteiger partial charge in [-0.2, -0.15) is 0 Å². The van der Waals surface area contributed by atoms with Crippen LogP contribution in [0.25, 0.3) is 0 Å². The lowest BCUT2D eigenvalue weighted by atomic mass is 10.1. The van der Waals surface area contributed by atoms with E-state index in [1.54, 1.807) is 0 Å². The number of carbonyl (C=O) groups excluding carboxylic acids is 1. The van der Waals surface area contributed by atoms with E-state index in [1.165, 1.54) is 0 Å². The molecule has 2 fully saturated rings. The number of ether oxygens (including phenoxy) is 1. The van der Waals surface area contributed by atoms with Crippen molar-refractivity contribution in [2.24, 2.45) is 0 Å². The van der Waals surface area contributed by atoms with Crippen LogP contribution in [0.4, 0.5) is 0 Å². The summed E-state index contributed by atoms with van der Waals surface area (Å²) in [7, 11) is 0. The van der Waals surface area contributed by atoms with Gasteiger partial charge in [-0.25, -0.2) is 0 Å². The summed E-state index contributed by atoms with van der Waals surface area (Å²) in [6.45, 7) is 5.25. The quantitative estimate of drug-likeness (QED) is 0.719. The van der Waals surface area contributed by atoms with Crippen molar-refractivity contribution in [3.05, 3.63) is 0 Å². The van der Waals surface area contributed by atoms with E-state index < -0.39 is 0 Å². The summed E-state index contributed by atoms with van der Waals surface area (Å²) in [5.41, 5.74) is 0. The van der Waals surface area contributed by atoms with Crippen molar-refractivity contribution in [2.75, 3.05) is 26.3 Å². The van der Waals surface area contributed by atoms with Crippen molar-refractivity contribution in [2.45, 2.75) is 38.3 Å². The molecule has 0 aromatic carbocycles. The van der Waals surface area contributed by atoms with Gasteiger partial charge < -0.3 is 15.0 Å². The highest BCUT2D eigenvalue weighted by atomic mass is 16.5. The molecule has 15 heavy (non-hydrogen) atoms. The fraction of sp³-hybridized carbons (Fsp3) is 0.909. The zero-order valence-electron chi connectivity index (χ0n) is 9.37. The topological polar surface area (TPSA) is 41.6 Å². The fourth-order valence-corrected chi connectivity index (χ4v) is 2.38. The Kier molecular flexibility index (Phi) is 3.59. The minimum absolute atomic E-state index is 0.0668. The van der Waals surface area contributed by atoms with Crippen LogP contribution in [0.5, 0.6) is 0 Å². The third-order valence-electron chi connectivity index (χ3n) is 3.34. The molecule has 1 unspecified atom stereocenters. The van der Waals surface area contributed by atoms with Crippen LogP contribution < -0.4 is 5.32 Å². The van der Waals surface area contributed by atoms with Gasteiger partial charge in [0.05, 0.1) is 25.3 Å². The number of carbonyl (C=O) groups is 1. The summed E-state index contributed by atoms with van der Waals surface area (Å²) >= 11 is 0. The van der Waals surface area contributed by atoms with E-state index >= 15 is 0 Å². The van der Waals surface area contributed by atoms with E-state index in [4.69, 9.17) is 4.74 Å². The van der Waals surface area contributed by atoms with Gasteiger partial charge in [0.15, 0.2) is 0 Å². The van der Waals surface area contributed by atoms with E-state index in [0.29, 0.717) is 13.2 Å². The Labute approximate surface area is 91.0 Å². The van der Waals surface area contributed by atoms with E-state index in [0.717, 1.165) is 32.4 Å². The number of morpholine rings is 1. The van der Waals surface area contributed by atoms with Crippen molar-refractivity contribution in [1.82, 2.24) is 10.2 Å². The average Bonchev–Trinajstić information content (AvgIpc) is 2.81. The van der Waals surface area contributed by atoms with E-state index in [2.05, 4.69) is 12.2 Å². The van der Waals surface area contributed by atoms with Gasteiger partial charge in [-0.3, -0.25) is 4.79 Å². The Morgan fingerprint density at radius 3 is 3.13 bits per heavy atom. The van der Waals surface area contributed by atoms with Crippen molar-refractivity contribution in [1.29, 1.82) is 0 Å². The Hall–Kier alpha value is -0.610. The number of nitrogens with one attached hydrogen (secondary N) is 1. The standard InChI is InChI=1S/C11H20N2O2/c1-2-9-8-15-7-6-13(9)11(14)10-4-3-5-12-10/h9-10,12H,2-8H2,1H3/t9?,10-/m0/s1. The molecule has 2 rings (SSSR count). The largest absolute Gasteiger partial charge is 0.377 e. The molecule has 0 radical (unpaired) electrons. The monoisotopic (exact) mass is 212 g/mol. The summed E-state index contributed by atoms with van der Waals surface area (Å²) in [6.07, 6.45) is 3.10. The zero-order valence-corrected chi connectivity index (χ0v) is 9.37. The first-order valence-electron chi connectivity index (χ1n) is 5.94. The molecule has 2 aliphatic rings. The lowest BCUT2D eigenvalue weighted by molar-refractivity contribution is -0.141. The molecule has 0 aromatic rings. The third kappa shape index (κ3) is 2.32. The molecular weight excluding hydrogens is 192 g/mol. The Bertz CT molecular complexity index is 227. The van der Waals surface area contributed by atoms with Crippen molar-refractivity contribution in [3.8, 4) is 0 Å².